The summed E-state index contributed by atoms with van der Waals surface area (Å²) in [5.74, 6) is 1.12. The third-order valence-electron chi connectivity index (χ3n) is 0.966. The maximum Gasteiger partial charge on any atom is 0.0322 e. The lowest BCUT2D eigenvalue weighted by Crippen LogP contribution is -1.69. The highest BCUT2D eigenvalue weighted by Crippen LogP contribution is 2.25. The van der Waals surface area contributed by atoms with Crippen LogP contribution in [0.1, 0.15) is 4.88 Å². The molecule has 0 aromatic carbocycles. The molecule has 0 aliphatic carbocycles. The highest BCUT2D eigenvalue weighted by Gasteiger charge is 1.97. The summed E-state index contributed by atoms with van der Waals surface area (Å²) in [5.41, 5.74) is 0. The minimum absolute atomic E-state index is 1.12. The maximum atomic E-state index is 3.46. The minimum Gasteiger partial charge on any atom is -0.160 e. The predicted molar refractivity (Wildman–Crippen MR) is 49.2 cm³/mol. The predicted octanol–water partition coefficient (Wildman–Crippen LogP) is 3.37. The molecule has 1 rings (SSSR count). The van der Waals surface area contributed by atoms with Crippen molar-refractivity contribution in [1.82, 2.24) is 0 Å². The fourth-order valence-corrected chi connectivity index (χ4v) is 3.06. The minimum atomic E-state index is 1.12. The summed E-state index contributed by atoms with van der Waals surface area (Å²) >= 11 is 7.12. The second-order valence-corrected chi connectivity index (χ2v) is 4.35. The Morgan fingerprint density at radius 1 is 1.78 bits per heavy atom. The van der Waals surface area contributed by atoms with Gasteiger partial charge < -0.3 is 0 Å². The third kappa shape index (κ3) is 1.99. The highest BCUT2D eigenvalue weighted by atomic mass is 79.9. The van der Waals surface area contributed by atoms with E-state index in [2.05, 4.69) is 33.6 Å². The van der Waals surface area contributed by atoms with Gasteiger partial charge in [-0.2, -0.15) is 11.8 Å². The van der Waals surface area contributed by atoms with Crippen LogP contribution in [0.15, 0.2) is 15.9 Å². The molecule has 0 saturated heterocycles. The van der Waals surface area contributed by atoms with Gasteiger partial charge in [0.1, 0.15) is 0 Å². The van der Waals surface area contributed by atoms with Crippen molar-refractivity contribution in [3.05, 3.63) is 20.8 Å². The monoisotopic (exact) mass is 222 g/mol. The Bertz CT molecular complexity index is 183. The van der Waals surface area contributed by atoms with E-state index in [0.717, 1.165) is 5.75 Å². The molecular weight excluding hydrogens is 216 g/mol. The van der Waals surface area contributed by atoms with Crippen molar-refractivity contribution in [3.8, 4) is 0 Å². The van der Waals surface area contributed by atoms with Crippen LogP contribution in [0.3, 0.4) is 0 Å². The van der Waals surface area contributed by atoms with Crippen molar-refractivity contribution in [2.75, 3.05) is 6.26 Å². The number of hydrogen-bond donors (Lipinski definition) is 0. The molecule has 0 atom stereocenters. The average Bonchev–Trinajstić information content (AvgIpc) is 2.18. The van der Waals surface area contributed by atoms with Crippen LogP contribution in [-0.4, -0.2) is 6.26 Å². The summed E-state index contributed by atoms with van der Waals surface area (Å²) < 4.78 is 1.25. The van der Waals surface area contributed by atoms with Crippen LogP contribution < -0.4 is 0 Å². The van der Waals surface area contributed by atoms with Crippen molar-refractivity contribution in [2.24, 2.45) is 0 Å². The summed E-state index contributed by atoms with van der Waals surface area (Å²) in [6, 6.07) is 2.09. The molecule has 9 heavy (non-hydrogen) atoms. The van der Waals surface area contributed by atoms with Gasteiger partial charge in [0, 0.05) is 15.1 Å². The van der Waals surface area contributed by atoms with E-state index >= 15 is 0 Å². The Hall–Kier alpha value is 0.530. The summed E-state index contributed by atoms with van der Waals surface area (Å²) in [6.45, 7) is 0. The van der Waals surface area contributed by atoms with Crippen LogP contribution in [0.5, 0.6) is 0 Å². The Morgan fingerprint density at radius 3 is 3.00 bits per heavy atom. The van der Waals surface area contributed by atoms with Gasteiger partial charge in [-0.3, -0.25) is 0 Å². The average molecular weight is 223 g/mol. The van der Waals surface area contributed by atoms with Gasteiger partial charge in [-0.1, -0.05) is 0 Å². The molecule has 0 nitrogen and oxygen atoms in total. The number of thioether (sulfide) groups is 1. The Kier molecular flexibility index (Phi) is 3.09. The van der Waals surface area contributed by atoms with Crippen molar-refractivity contribution >= 4 is 39.0 Å². The van der Waals surface area contributed by atoms with Crippen molar-refractivity contribution < 1.29 is 0 Å². The molecule has 1 aromatic rings. The van der Waals surface area contributed by atoms with Gasteiger partial charge in [-0.05, 0) is 33.6 Å². The lowest BCUT2D eigenvalue weighted by atomic mass is 10.5. The molecule has 0 spiro atoms. The van der Waals surface area contributed by atoms with Gasteiger partial charge in [0.15, 0.2) is 0 Å². The molecule has 0 unspecified atom stereocenters. The first-order chi connectivity index (χ1) is 4.34. The topological polar surface area (TPSA) is 0 Å². The number of halogens is 1. The smallest absolute Gasteiger partial charge is 0.0322 e. The van der Waals surface area contributed by atoms with Crippen molar-refractivity contribution in [2.45, 2.75) is 5.75 Å². The van der Waals surface area contributed by atoms with Gasteiger partial charge in [-0.25, -0.2) is 0 Å². The normalized spacial score (nSPS) is 10.0. The van der Waals surface area contributed by atoms with Crippen molar-refractivity contribution in [3.63, 3.8) is 0 Å². The van der Waals surface area contributed by atoms with E-state index in [0.29, 0.717) is 0 Å². The SMILES string of the molecule is CSCc1sccc1Br. The molecule has 0 amide bonds. The van der Waals surface area contributed by atoms with Crippen LogP contribution in [0, 0.1) is 0 Å². The maximum absolute atomic E-state index is 3.46. The van der Waals surface area contributed by atoms with E-state index in [9.17, 15) is 0 Å². The first-order valence-electron chi connectivity index (χ1n) is 2.55. The summed E-state index contributed by atoms with van der Waals surface area (Å²) in [6.07, 6.45) is 2.12. The first kappa shape index (κ1) is 7.63. The molecule has 1 aromatic heterocycles. The zero-order valence-electron chi connectivity index (χ0n) is 5.06. The highest BCUT2D eigenvalue weighted by molar-refractivity contribution is 9.10. The number of hydrogen-bond acceptors (Lipinski definition) is 2. The fraction of sp³-hybridized carbons (Fsp3) is 0.333. The molecule has 0 N–H and O–H groups in total. The fourth-order valence-electron chi connectivity index (χ4n) is 0.559. The molecule has 3 heteroatoms. The molecular formula is C6H7BrS2. The molecule has 0 saturated carbocycles. The molecule has 50 valence electrons. The third-order valence-corrected chi connectivity index (χ3v) is 3.65. The summed E-state index contributed by atoms with van der Waals surface area (Å²) in [5, 5.41) is 2.11. The first-order valence-corrected chi connectivity index (χ1v) is 5.62. The molecule has 0 aliphatic rings. The summed E-state index contributed by atoms with van der Waals surface area (Å²) in [4.78, 5) is 1.43. The van der Waals surface area contributed by atoms with Gasteiger partial charge in [0.05, 0.1) is 0 Å². The Balaban J connectivity index is 2.69. The van der Waals surface area contributed by atoms with E-state index in [-0.39, 0.29) is 0 Å². The van der Waals surface area contributed by atoms with E-state index in [1.165, 1.54) is 9.35 Å². The lowest BCUT2D eigenvalue weighted by Gasteiger charge is -1.90. The lowest BCUT2D eigenvalue weighted by molar-refractivity contribution is 1.52. The van der Waals surface area contributed by atoms with Crippen LogP contribution in [-0.2, 0) is 5.75 Å². The largest absolute Gasteiger partial charge is 0.160 e. The second-order valence-electron chi connectivity index (χ2n) is 1.62. The van der Waals surface area contributed by atoms with E-state index < -0.39 is 0 Å². The van der Waals surface area contributed by atoms with Crippen molar-refractivity contribution in [1.29, 1.82) is 0 Å². The number of thiophene rings is 1. The zero-order valence-corrected chi connectivity index (χ0v) is 8.28. The van der Waals surface area contributed by atoms with Gasteiger partial charge in [-0.15, -0.1) is 11.3 Å². The van der Waals surface area contributed by atoms with E-state index in [4.69, 9.17) is 0 Å². The van der Waals surface area contributed by atoms with E-state index in [1.54, 1.807) is 11.3 Å². The van der Waals surface area contributed by atoms with E-state index in [1.807, 2.05) is 11.8 Å². The van der Waals surface area contributed by atoms with Gasteiger partial charge >= 0.3 is 0 Å². The molecule has 0 fully saturated rings. The van der Waals surface area contributed by atoms with Gasteiger partial charge in [0.2, 0.25) is 0 Å². The second kappa shape index (κ2) is 3.64. The Labute approximate surface area is 71.8 Å². The molecule has 1 heterocycles. The standard InChI is InChI=1S/C6H7BrS2/c1-8-4-6-5(7)2-3-9-6/h2-3H,4H2,1H3. The molecule has 0 radical (unpaired) electrons. The number of rotatable bonds is 2. The molecule has 0 bridgehead atoms. The quantitative estimate of drug-likeness (QED) is 0.740. The zero-order chi connectivity index (χ0) is 6.69. The van der Waals surface area contributed by atoms with Gasteiger partial charge in [0.25, 0.3) is 0 Å². The molecule has 0 aliphatic heterocycles. The Morgan fingerprint density at radius 2 is 2.56 bits per heavy atom. The van der Waals surface area contributed by atoms with Crippen LogP contribution in [0.4, 0.5) is 0 Å². The van der Waals surface area contributed by atoms with Crippen LogP contribution in [0.2, 0.25) is 0 Å². The summed E-state index contributed by atoms with van der Waals surface area (Å²) in [7, 11) is 0. The van der Waals surface area contributed by atoms with Crippen LogP contribution >= 0.6 is 39.0 Å². The van der Waals surface area contributed by atoms with Crippen LogP contribution in [0.25, 0.3) is 0 Å².